The number of carbonyl (C=O) groups is 1. The summed E-state index contributed by atoms with van der Waals surface area (Å²) in [5.41, 5.74) is 2.11. The molecule has 0 fully saturated rings. The Morgan fingerprint density at radius 3 is 2.77 bits per heavy atom. The lowest BCUT2D eigenvalue weighted by molar-refractivity contribution is -0.109. The highest BCUT2D eigenvalue weighted by Gasteiger charge is 2.29. The Morgan fingerprint density at radius 2 is 2.31 bits per heavy atom. The van der Waals surface area contributed by atoms with E-state index in [0.29, 0.717) is 0 Å². The number of rotatable bonds is 2. The molecule has 0 aliphatic heterocycles. The van der Waals surface area contributed by atoms with Gasteiger partial charge in [-0.3, -0.25) is 0 Å². The molecule has 72 valence electrons. The molecule has 0 aromatic rings. The van der Waals surface area contributed by atoms with Gasteiger partial charge in [-0.15, -0.1) is 0 Å². The molecule has 13 heavy (non-hydrogen) atoms. The fraction of sp³-hybridized carbons (Fsp3) is 0.545. The van der Waals surface area contributed by atoms with E-state index in [4.69, 9.17) is 0 Å². The van der Waals surface area contributed by atoms with Gasteiger partial charge in [0.15, 0.2) is 0 Å². The molecule has 0 spiro atoms. The third kappa shape index (κ3) is 2.00. The number of hydrogen-bond donors (Lipinski definition) is 1. The van der Waals surface area contributed by atoms with Gasteiger partial charge in [0.2, 0.25) is 0 Å². The molecule has 0 aromatic heterocycles. The molecule has 0 saturated heterocycles. The van der Waals surface area contributed by atoms with Crippen LogP contribution in [0, 0.1) is 11.3 Å². The van der Waals surface area contributed by atoms with E-state index in [1.807, 2.05) is 7.05 Å². The van der Waals surface area contributed by atoms with Gasteiger partial charge >= 0.3 is 0 Å². The first-order chi connectivity index (χ1) is 6.00. The van der Waals surface area contributed by atoms with Gasteiger partial charge in [-0.05, 0) is 11.8 Å². The van der Waals surface area contributed by atoms with Crippen LogP contribution in [0.3, 0.4) is 0 Å². The third-order valence-electron chi connectivity index (χ3n) is 2.43. The molecule has 0 heterocycles. The average Bonchev–Trinajstić information content (AvgIpc) is 2.01. The summed E-state index contributed by atoms with van der Waals surface area (Å²) in [5, 5.41) is 3.06. The first kappa shape index (κ1) is 10.0. The third-order valence-corrected chi connectivity index (χ3v) is 2.43. The van der Waals surface area contributed by atoms with Gasteiger partial charge in [0.1, 0.15) is 6.29 Å². The van der Waals surface area contributed by atoms with Crippen LogP contribution in [0.1, 0.15) is 20.3 Å². The molecule has 1 N–H and O–H groups in total. The van der Waals surface area contributed by atoms with Crippen molar-refractivity contribution in [1.82, 2.24) is 5.32 Å². The van der Waals surface area contributed by atoms with Gasteiger partial charge in [0.25, 0.3) is 0 Å². The summed E-state index contributed by atoms with van der Waals surface area (Å²) in [7, 11) is 1.84. The Morgan fingerprint density at radius 1 is 1.69 bits per heavy atom. The summed E-state index contributed by atoms with van der Waals surface area (Å²) in [6.07, 6.45) is 3.97. The van der Waals surface area contributed by atoms with Crippen molar-refractivity contribution in [3.05, 3.63) is 23.9 Å². The van der Waals surface area contributed by atoms with Crippen LogP contribution in [0.25, 0.3) is 0 Å². The zero-order valence-electron chi connectivity index (χ0n) is 8.55. The number of carbonyl (C=O) groups excluding carboxylic acids is 1. The smallest absolute Gasteiger partial charge is 0.132 e. The van der Waals surface area contributed by atoms with Crippen molar-refractivity contribution in [3.8, 4) is 0 Å². The topological polar surface area (TPSA) is 29.1 Å². The monoisotopic (exact) mass is 179 g/mol. The van der Waals surface area contributed by atoms with Crippen LogP contribution >= 0.6 is 0 Å². The maximum atomic E-state index is 10.8. The van der Waals surface area contributed by atoms with Crippen molar-refractivity contribution < 1.29 is 4.79 Å². The molecule has 1 unspecified atom stereocenters. The molecule has 0 amide bonds. The first-order valence-corrected chi connectivity index (χ1v) is 4.53. The maximum Gasteiger partial charge on any atom is 0.132 e. The van der Waals surface area contributed by atoms with E-state index >= 15 is 0 Å². The van der Waals surface area contributed by atoms with E-state index in [2.05, 4.69) is 31.8 Å². The lowest BCUT2D eigenvalue weighted by Crippen LogP contribution is -2.28. The molecule has 0 bridgehead atoms. The second-order valence-electron chi connectivity index (χ2n) is 4.29. The van der Waals surface area contributed by atoms with E-state index in [1.54, 1.807) is 0 Å². The number of nitrogens with one attached hydrogen (secondary N) is 1. The highest BCUT2D eigenvalue weighted by Crippen LogP contribution is 2.37. The minimum Gasteiger partial charge on any atom is -0.391 e. The molecule has 1 aliphatic rings. The molecule has 1 aliphatic carbocycles. The summed E-state index contributed by atoms with van der Waals surface area (Å²) in [4.78, 5) is 10.8. The summed E-state index contributed by atoms with van der Waals surface area (Å²) in [6.45, 7) is 8.25. The van der Waals surface area contributed by atoms with Crippen LogP contribution in [0.4, 0.5) is 0 Å². The Kier molecular flexibility index (Phi) is 2.60. The van der Waals surface area contributed by atoms with Gasteiger partial charge in [-0.2, -0.15) is 0 Å². The normalized spacial score (nSPS) is 26.5. The van der Waals surface area contributed by atoms with Gasteiger partial charge in [-0.25, -0.2) is 0 Å². The molecule has 1 rings (SSSR count). The Bertz CT molecular complexity index is 263. The average molecular weight is 179 g/mol. The Balaban J connectivity index is 3.03. The van der Waals surface area contributed by atoms with Crippen LogP contribution in [-0.4, -0.2) is 13.3 Å². The van der Waals surface area contributed by atoms with Gasteiger partial charge in [0.05, 0.1) is 5.92 Å². The predicted molar refractivity (Wildman–Crippen MR) is 54.2 cm³/mol. The number of hydrogen-bond acceptors (Lipinski definition) is 2. The van der Waals surface area contributed by atoms with Crippen LogP contribution < -0.4 is 5.32 Å². The molecular formula is C11H17NO. The standard InChI is InChI=1S/C11H17NO/c1-8-5-11(2,3)6-10(12-4)9(8)7-13/h6-7,9,12H,1,5H2,2-4H3. The van der Waals surface area contributed by atoms with E-state index in [1.165, 1.54) is 0 Å². The fourth-order valence-corrected chi connectivity index (χ4v) is 1.87. The fourth-order valence-electron chi connectivity index (χ4n) is 1.87. The van der Waals surface area contributed by atoms with Crippen molar-refractivity contribution >= 4 is 6.29 Å². The highest BCUT2D eigenvalue weighted by molar-refractivity contribution is 5.64. The van der Waals surface area contributed by atoms with Crippen molar-refractivity contribution in [2.45, 2.75) is 20.3 Å². The van der Waals surface area contributed by atoms with Crippen LogP contribution in [0.2, 0.25) is 0 Å². The van der Waals surface area contributed by atoms with E-state index in [0.717, 1.165) is 24.0 Å². The summed E-state index contributed by atoms with van der Waals surface area (Å²) >= 11 is 0. The van der Waals surface area contributed by atoms with E-state index in [9.17, 15) is 4.79 Å². The number of aldehydes is 1. The Hall–Kier alpha value is -1.05. The minimum absolute atomic E-state index is 0.120. The Labute approximate surface area is 79.7 Å². The summed E-state index contributed by atoms with van der Waals surface area (Å²) in [5.74, 6) is -0.127. The molecule has 0 radical (unpaired) electrons. The minimum atomic E-state index is -0.127. The molecule has 2 heteroatoms. The quantitative estimate of drug-likeness (QED) is 0.518. The molecule has 0 aromatic carbocycles. The van der Waals surface area contributed by atoms with E-state index in [-0.39, 0.29) is 11.3 Å². The summed E-state index contributed by atoms with van der Waals surface area (Å²) < 4.78 is 0. The largest absolute Gasteiger partial charge is 0.391 e. The maximum absolute atomic E-state index is 10.8. The van der Waals surface area contributed by atoms with Gasteiger partial charge < -0.3 is 10.1 Å². The molecule has 1 atom stereocenters. The molecule has 2 nitrogen and oxygen atoms in total. The van der Waals surface area contributed by atoms with Crippen molar-refractivity contribution in [2.75, 3.05) is 7.05 Å². The van der Waals surface area contributed by atoms with Crippen molar-refractivity contribution in [3.63, 3.8) is 0 Å². The lowest BCUT2D eigenvalue weighted by atomic mass is 9.75. The second kappa shape index (κ2) is 3.36. The van der Waals surface area contributed by atoms with E-state index < -0.39 is 0 Å². The lowest BCUT2D eigenvalue weighted by Gasteiger charge is -2.32. The van der Waals surface area contributed by atoms with Crippen molar-refractivity contribution in [1.29, 1.82) is 0 Å². The highest BCUT2D eigenvalue weighted by atomic mass is 16.1. The zero-order valence-corrected chi connectivity index (χ0v) is 8.55. The number of allylic oxidation sites excluding steroid dienone is 2. The van der Waals surface area contributed by atoms with Gasteiger partial charge in [0, 0.05) is 12.7 Å². The summed E-state index contributed by atoms with van der Waals surface area (Å²) in [6, 6.07) is 0. The van der Waals surface area contributed by atoms with Crippen molar-refractivity contribution in [2.24, 2.45) is 11.3 Å². The van der Waals surface area contributed by atoms with Gasteiger partial charge in [-0.1, -0.05) is 32.1 Å². The van der Waals surface area contributed by atoms with Crippen LogP contribution in [-0.2, 0) is 4.79 Å². The first-order valence-electron chi connectivity index (χ1n) is 4.53. The zero-order chi connectivity index (χ0) is 10.1. The molecule has 0 saturated carbocycles. The second-order valence-corrected chi connectivity index (χ2v) is 4.29. The SMILES string of the molecule is C=C1CC(C)(C)C=C(NC)C1C=O. The van der Waals surface area contributed by atoms with Crippen LogP contribution in [0.5, 0.6) is 0 Å². The van der Waals surface area contributed by atoms with Crippen LogP contribution in [0.15, 0.2) is 23.9 Å². The predicted octanol–water partition coefficient (Wildman–Crippen LogP) is 1.89. The molecular weight excluding hydrogens is 162 g/mol.